The first-order valence-electron chi connectivity index (χ1n) is 9.38. The summed E-state index contributed by atoms with van der Waals surface area (Å²) >= 11 is 6.04. The van der Waals surface area contributed by atoms with E-state index >= 15 is 0 Å². The first kappa shape index (κ1) is 21.9. The van der Waals surface area contributed by atoms with Crippen LogP contribution < -0.4 is 19.5 Å². The maximum Gasteiger partial charge on any atom is 0.261 e. The van der Waals surface area contributed by atoms with E-state index in [1.165, 1.54) is 0 Å². The second kappa shape index (κ2) is 10.2. The van der Waals surface area contributed by atoms with Crippen LogP contribution in [0.5, 0.6) is 17.2 Å². The predicted molar refractivity (Wildman–Crippen MR) is 112 cm³/mol. The lowest BCUT2D eigenvalue weighted by atomic mass is 10.2. The van der Waals surface area contributed by atoms with Crippen LogP contribution in [0.4, 0.5) is 0 Å². The van der Waals surface area contributed by atoms with Crippen LogP contribution in [-0.4, -0.2) is 25.2 Å². The topological polar surface area (TPSA) is 56.8 Å². The summed E-state index contributed by atoms with van der Waals surface area (Å²) in [7, 11) is 1.60. The molecule has 5 nitrogen and oxygen atoms in total. The van der Waals surface area contributed by atoms with Gasteiger partial charge in [-0.05, 0) is 68.7 Å². The Morgan fingerprint density at radius 3 is 2.46 bits per heavy atom. The molecule has 1 atom stereocenters. The van der Waals surface area contributed by atoms with Crippen molar-refractivity contribution in [3.05, 3.63) is 52.5 Å². The van der Waals surface area contributed by atoms with Gasteiger partial charge in [0, 0.05) is 11.6 Å². The van der Waals surface area contributed by atoms with E-state index in [1.54, 1.807) is 19.2 Å². The average Bonchev–Trinajstić information content (AvgIpc) is 2.67. The molecule has 0 aliphatic carbocycles. The van der Waals surface area contributed by atoms with Gasteiger partial charge < -0.3 is 19.5 Å². The van der Waals surface area contributed by atoms with Gasteiger partial charge in [0.1, 0.15) is 5.75 Å². The lowest BCUT2D eigenvalue weighted by Gasteiger charge is -2.18. The number of halogens is 1. The van der Waals surface area contributed by atoms with E-state index in [4.69, 9.17) is 25.8 Å². The number of carbonyl (C=O) groups excluding carboxylic acids is 1. The number of benzene rings is 2. The van der Waals surface area contributed by atoms with Gasteiger partial charge in [0.2, 0.25) is 0 Å². The fourth-order valence-corrected chi connectivity index (χ4v) is 2.77. The van der Waals surface area contributed by atoms with E-state index < -0.39 is 6.10 Å². The van der Waals surface area contributed by atoms with Gasteiger partial charge in [-0.1, -0.05) is 24.6 Å². The lowest BCUT2D eigenvalue weighted by molar-refractivity contribution is -0.128. The maximum absolute atomic E-state index is 12.6. The Kier molecular flexibility index (Phi) is 8.00. The highest BCUT2D eigenvalue weighted by molar-refractivity contribution is 6.31. The fraction of sp³-hybridized carbons (Fsp3) is 0.409. The molecule has 0 heterocycles. The molecule has 2 aromatic carbocycles. The molecule has 0 unspecified atom stereocenters. The number of nitrogens with one attached hydrogen (secondary N) is 1. The van der Waals surface area contributed by atoms with Crippen molar-refractivity contribution in [2.45, 2.75) is 52.9 Å². The molecule has 0 spiro atoms. The average molecular weight is 406 g/mol. The van der Waals surface area contributed by atoms with Crippen LogP contribution in [0.15, 0.2) is 36.4 Å². The highest BCUT2D eigenvalue weighted by atomic mass is 35.5. The van der Waals surface area contributed by atoms with Crippen LogP contribution in [-0.2, 0) is 11.3 Å². The monoisotopic (exact) mass is 405 g/mol. The third-order valence-corrected chi connectivity index (χ3v) is 4.55. The molecule has 152 valence electrons. The van der Waals surface area contributed by atoms with Gasteiger partial charge in [-0.2, -0.15) is 0 Å². The van der Waals surface area contributed by atoms with Crippen LogP contribution in [0.3, 0.4) is 0 Å². The van der Waals surface area contributed by atoms with Gasteiger partial charge in [0.05, 0.1) is 13.2 Å². The Bertz CT molecular complexity index is 807. The summed E-state index contributed by atoms with van der Waals surface area (Å²) in [4.78, 5) is 12.6. The molecule has 1 amide bonds. The SMILES string of the molecule is CC[C@H](Oc1ccc(Cl)c(C)c1)C(=O)NCc1ccc(OC(C)C)c(OC)c1. The molecule has 0 radical (unpaired) electrons. The van der Waals surface area contributed by atoms with E-state index in [0.29, 0.717) is 35.2 Å². The summed E-state index contributed by atoms with van der Waals surface area (Å²) < 4.78 is 16.9. The molecular weight excluding hydrogens is 378 g/mol. The van der Waals surface area contributed by atoms with E-state index in [9.17, 15) is 4.79 Å². The van der Waals surface area contributed by atoms with Gasteiger partial charge in [0.25, 0.3) is 5.91 Å². The van der Waals surface area contributed by atoms with Gasteiger partial charge in [0.15, 0.2) is 17.6 Å². The summed E-state index contributed by atoms with van der Waals surface area (Å²) in [5.41, 5.74) is 1.82. The molecule has 0 aliphatic rings. The Labute approximate surface area is 171 Å². The Hall–Kier alpha value is -2.40. The molecule has 1 N–H and O–H groups in total. The summed E-state index contributed by atoms with van der Waals surface area (Å²) in [5, 5.41) is 3.59. The number of hydrogen-bond acceptors (Lipinski definition) is 4. The van der Waals surface area contributed by atoms with Crippen LogP contribution >= 0.6 is 11.6 Å². The smallest absolute Gasteiger partial charge is 0.261 e. The number of methoxy groups -OCH3 is 1. The van der Waals surface area contributed by atoms with E-state index in [-0.39, 0.29) is 12.0 Å². The molecule has 28 heavy (non-hydrogen) atoms. The molecule has 2 aromatic rings. The normalized spacial score (nSPS) is 11.8. The first-order chi connectivity index (χ1) is 13.3. The lowest BCUT2D eigenvalue weighted by Crippen LogP contribution is -2.37. The van der Waals surface area contributed by atoms with E-state index in [0.717, 1.165) is 11.1 Å². The minimum absolute atomic E-state index is 0.0541. The largest absolute Gasteiger partial charge is 0.493 e. The van der Waals surface area contributed by atoms with Gasteiger partial charge in [-0.3, -0.25) is 4.79 Å². The number of carbonyl (C=O) groups is 1. The highest BCUT2D eigenvalue weighted by Gasteiger charge is 2.18. The summed E-state index contributed by atoms with van der Waals surface area (Å²) in [6.07, 6.45) is 0.0299. The third kappa shape index (κ3) is 6.06. The number of ether oxygens (including phenoxy) is 3. The van der Waals surface area contributed by atoms with Crippen LogP contribution in [0, 0.1) is 6.92 Å². The molecule has 0 saturated carbocycles. The highest BCUT2D eigenvalue weighted by Crippen LogP contribution is 2.29. The maximum atomic E-state index is 12.6. The Morgan fingerprint density at radius 2 is 1.86 bits per heavy atom. The molecule has 0 fully saturated rings. The number of aryl methyl sites for hydroxylation is 1. The van der Waals surface area contributed by atoms with Crippen molar-refractivity contribution in [1.29, 1.82) is 0 Å². The summed E-state index contributed by atoms with van der Waals surface area (Å²) in [5.74, 6) is 1.78. The molecule has 0 bridgehead atoms. The van der Waals surface area contributed by atoms with Gasteiger partial charge in [-0.15, -0.1) is 0 Å². The molecule has 0 aromatic heterocycles. The molecule has 0 aliphatic heterocycles. The number of rotatable bonds is 9. The standard InChI is InChI=1S/C22H28ClNO4/c1-6-19(28-17-8-9-18(23)15(4)11-17)22(25)24-13-16-7-10-20(27-14(2)3)21(12-16)26-5/h7-12,14,19H,6,13H2,1-5H3,(H,24,25)/t19-/m0/s1. The van der Waals surface area contributed by atoms with Crippen molar-refractivity contribution >= 4 is 17.5 Å². The molecule has 0 saturated heterocycles. The molecular formula is C22H28ClNO4. The van der Waals surface area contributed by atoms with Crippen molar-refractivity contribution < 1.29 is 19.0 Å². The van der Waals surface area contributed by atoms with Crippen LogP contribution in [0.25, 0.3) is 0 Å². The Morgan fingerprint density at radius 1 is 1.11 bits per heavy atom. The number of amides is 1. The van der Waals surface area contributed by atoms with Crippen LogP contribution in [0.2, 0.25) is 5.02 Å². The van der Waals surface area contributed by atoms with Gasteiger partial charge >= 0.3 is 0 Å². The summed E-state index contributed by atoms with van der Waals surface area (Å²) in [6, 6.07) is 11.0. The van der Waals surface area contributed by atoms with Crippen LogP contribution in [0.1, 0.15) is 38.3 Å². The van der Waals surface area contributed by atoms with E-state index in [1.807, 2.05) is 52.0 Å². The zero-order chi connectivity index (χ0) is 20.7. The van der Waals surface area contributed by atoms with Crippen molar-refractivity contribution in [2.75, 3.05) is 7.11 Å². The minimum Gasteiger partial charge on any atom is -0.493 e. The zero-order valence-electron chi connectivity index (χ0n) is 17.0. The molecule has 6 heteroatoms. The first-order valence-corrected chi connectivity index (χ1v) is 9.76. The van der Waals surface area contributed by atoms with Crippen molar-refractivity contribution in [2.24, 2.45) is 0 Å². The van der Waals surface area contributed by atoms with Crippen molar-refractivity contribution in [3.8, 4) is 17.2 Å². The fourth-order valence-electron chi connectivity index (χ4n) is 2.65. The zero-order valence-corrected chi connectivity index (χ0v) is 17.8. The van der Waals surface area contributed by atoms with Gasteiger partial charge in [-0.25, -0.2) is 0 Å². The second-order valence-electron chi connectivity index (χ2n) is 6.80. The van der Waals surface area contributed by atoms with Crippen molar-refractivity contribution in [3.63, 3.8) is 0 Å². The molecule has 2 rings (SSSR count). The minimum atomic E-state index is -0.578. The Balaban J connectivity index is 2.00. The number of hydrogen-bond donors (Lipinski definition) is 1. The predicted octanol–water partition coefficient (Wildman–Crippen LogP) is 4.92. The van der Waals surface area contributed by atoms with E-state index in [2.05, 4.69) is 5.32 Å². The third-order valence-electron chi connectivity index (χ3n) is 4.13. The quantitative estimate of drug-likeness (QED) is 0.643. The summed E-state index contributed by atoms with van der Waals surface area (Å²) in [6.45, 7) is 8.10. The second-order valence-corrected chi connectivity index (χ2v) is 7.20. The van der Waals surface area contributed by atoms with Crippen molar-refractivity contribution in [1.82, 2.24) is 5.32 Å².